The third kappa shape index (κ3) is 2.70. The fourth-order valence-corrected chi connectivity index (χ4v) is 2.63. The zero-order valence-corrected chi connectivity index (χ0v) is 11.6. The molecular weight excluding hydrogens is 246 g/mol. The summed E-state index contributed by atoms with van der Waals surface area (Å²) in [6, 6.07) is 6.00. The van der Waals surface area contributed by atoms with Gasteiger partial charge >= 0.3 is 0 Å². The highest BCUT2D eigenvalue weighted by Gasteiger charge is 2.26. The maximum absolute atomic E-state index is 12.2. The van der Waals surface area contributed by atoms with Gasteiger partial charge in [0.2, 0.25) is 5.78 Å². The smallest absolute Gasteiger partial charge is 0.202 e. The van der Waals surface area contributed by atoms with Crippen molar-refractivity contribution < 1.29 is 9.53 Å². The lowest BCUT2D eigenvalue weighted by Crippen LogP contribution is -2.16. The van der Waals surface area contributed by atoms with Gasteiger partial charge in [0.05, 0.1) is 11.5 Å². The first-order chi connectivity index (χ1) is 8.61. The van der Waals surface area contributed by atoms with E-state index in [1.54, 1.807) is 6.20 Å². The number of hydrogen-bond acceptors (Lipinski definition) is 4. The molecule has 96 valence electrons. The highest BCUT2D eigenvalue weighted by Crippen LogP contribution is 2.40. The van der Waals surface area contributed by atoms with Gasteiger partial charge in [-0.2, -0.15) is 0 Å². The van der Waals surface area contributed by atoms with E-state index in [4.69, 9.17) is 4.74 Å². The second kappa shape index (κ2) is 5.48. The summed E-state index contributed by atoms with van der Waals surface area (Å²) in [5.41, 5.74) is 0.739. The Hall–Kier alpha value is -1.42. The number of thioether (sulfide) groups is 1. The van der Waals surface area contributed by atoms with E-state index in [0.717, 1.165) is 21.1 Å². The van der Waals surface area contributed by atoms with Crippen LogP contribution in [0.25, 0.3) is 0 Å². The van der Waals surface area contributed by atoms with Crippen LogP contribution in [0.3, 0.4) is 0 Å². The third-order valence-electron chi connectivity index (χ3n) is 2.50. The number of allylic oxidation sites excluding steroid dienone is 1. The first-order valence-electron chi connectivity index (χ1n) is 6.07. The molecule has 4 heteroatoms. The van der Waals surface area contributed by atoms with Gasteiger partial charge in [0.15, 0.2) is 0 Å². The summed E-state index contributed by atoms with van der Waals surface area (Å²) < 4.78 is 5.42. The molecule has 0 radical (unpaired) electrons. The maximum atomic E-state index is 12.2. The summed E-state index contributed by atoms with van der Waals surface area (Å²) in [4.78, 5) is 13.9. The Morgan fingerprint density at radius 3 is 2.89 bits per heavy atom. The molecule has 0 aliphatic carbocycles. The molecule has 0 atom stereocenters. The van der Waals surface area contributed by atoms with E-state index in [2.05, 4.69) is 5.32 Å². The van der Waals surface area contributed by atoms with Crippen LogP contribution >= 0.6 is 11.8 Å². The lowest BCUT2D eigenvalue weighted by atomic mass is 10.1. The molecule has 0 unspecified atom stereocenters. The van der Waals surface area contributed by atoms with Crippen LogP contribution in [-0.4, -0.2) is 18.4 Å². The van der Waals surface area contributed by atoms with Crippen molar-refractivity contribution in [1.82, 2.24) is 5.32 Å². The summed E-state index contributed by atoms with van der Waals surface area (Å²) in [6.07, 6.45) is 1.80. The predicted octanol–water partition coefficient (Wildman–Crippen LogP) is 3.21. The van der Waals surface area contributed by atoms with Crippen molar-refractivity contribution in [1.29, 1.82) is 0 Å². The van der Waals surface area contributed by atoms with Crippen molar-refractivity contribution in [2.24, 2.45) is 0 Å². The molecule has 0 spiro atoms. The molecular formula is C14H17NO2S. The van der Waals surface area contributed by atoms with E-state index in [9.17, 15) is 4.79 Å². The van der Waals surface area contributed by atoms with E-state index in [-0.39, 0.29) is 5.78 Å². The van der Waals surface area contributed by atoms with Crippen molar-refractivity contribution in [3.05, 3.63) is 34.9 Å². The van der Waals surface area contributed by atoms with Crippen LogP contribution in [0.1, 0.15) is 31.1 Å². The number of benzene rings is 1. The Bertz CT molecular complexity index is 495. The molecule has 1 heterocycles. The van der Waals surface area contributed by atoms with Crippen LogP contribution in [0.15, 0.2) is 34.2 Å². The average molecular weight is 263 g/mol. The fraction of sp³-hybridized carbons (Fsp3) is 0.357. The molecule has 0 fully saturated rings. The molecule has 3 nitrogen and oxygen atoms in total. The monoisotopic (exact) mass is 263 g/mol. The Morgan fingerprint density at radius 2 is 2.22 bits per heavy atom. The van der Waals surface area contributed by atoms with Crippen LogP contribution in [0.2, 0.25) is 0 Å². The number of carbonyl (C=O) groups excluding carboxylic acids is 1. The zero-order chi connectivity index (χ0) is 13.1. The number of ether oxygens (including phenoxy) is 1. The largest absolute Gasteiger partial charge is 0.494 e. The number of nitrogens with one attached hydrogen (secondary N) is 1. The minimum absolute atomic E-state index is 0.0738. The average Bonchev–Trinajstić information content (AvgIpc) is 2.64. The number of ketones is 1. The van der Waals surface area contributed by atoms with E-state index in [1.807, 2.05) is 39.0 Å². The van der Waals surface area contributed by atoms with E-state index >= 15 is 0 Å². The Morgan fingerprint density at radius 1 is 1.44 bits per heavy atom. The molecule has 0 aromatic heterocycles. The first-order valence-corrected chi connectivity index (χ1v) is 6.89. The van der Waals surface area contributed by atoms with Gasteiger partial charge in [-0.1, -0.05) is 11.8 Å². The predicted molar refractivity (Wildman–Crippen MR) is 74.2 cm³/mol. The van der Waals surface area contributed by atoms with Crippen LogP contribution in [0.5, 0.6) is 5.75 Å². The molecule has 0 amide bonds. The number of carbonyl (C=O) groups is 1. The van der Waals surface area contributed by atoms with E-state index < -0.39 is 0 Å². The lowest BCUT2D eigenvalue weighted by molar-refractivity contribution is 0.104. The summed E-state index contributed by atoms with van der Waals surface area (Å²) in [7, 11) is 0. The molecule has 1 aromatic rings. The molecule has 1 aliphatic heterocycles. The number of hydrogen-bond donors (Lipinski definition) is 1. The second-order valence-electron chi connectivity index (χ2n) is 4.35. The third-order valence-corrected chi connectivity index (χ3v) is 3.60. The molecule has 1 aliphatic rings. The number of fused-ring (bicyclic) bond motifs is 1. The number of rotatable bonds is 4. The van der Waals surface area contributed by atoms with Gasteiger partial charge in [-0.05, 0) is 39.0 Å². The second-order valence-corrected chi connectivity index (χ2v) is 5.44. The van der Waals surface area contributed by atoms with Crippen molar-refractivity contribution in [3.8, 4) is 5.75 Å². The summed E-state index contributed by atoms with van der Waals surface area (Å²) >= 11 is 1.51. The molecule has 1 N–H and O–H groups in total. The fourth-order valence-electron chi connectivity index (χ4n) is 1.67. The van der Waals surface area contributed by atoms with Gasteiger partial charge in [0.1, 0.15) is 5.75 Å². The van der Waals surface area contributed by atoms with Gasteiger partial charge in [-0.3, -0.25) is 4.79 Å². The Labute approximate surface area is 112 Å². The molecule has 0 saturated heterocycles. The summed E-state index contributed by atoms with van der Waals surface area (Å²) in [5.74, 6) is 0.827. The minimum Gasteiger partial charge on any atom is -0.494 e. The molecule has 0 bridgehead atoms. The van der Waals surface area contributed by atoms with Gasteiger partial charge in [-0.15, -0.1) is 0 Å². The van der Waals surface area contributed by atoms with Crippen molar-refractivity contribution in [3.63, 3.8) is 0 Å². The summed E-state index contributed by atoms with van der Waals surface area (Å²) in [6.45, 7) is 6.63. The van der Waals surface area contributed by atoms with Crippen LogP contribution in [0, 0.1) is 0 Å². The maximum Gasteiger partial charge on any atom is 0.202 e. The molecule has 0 saturated carbocycles. The normalized spacial score (nSPS) is 16.2. The summed E-state index contributed by atoms with van der Waals surface area (Å²) in [5, 5.41) is 3.16. The topological polar surface area (TPSA) is 38.3 Å². The lowest BCUT2D eigenvalue weighted by Gasteiger charge is -2.04. The zero-order valence-electron chi connectivity index (χ0n) is 10.8. The highest BCUT2D eigenvalue weighted by atomic mass is 32.2. The van der Waals surface area contributed by atoms with Crippen molar-refractivity contribution in [2.45, 2.75) is 31.7 Å². The quantitative estimate of drug-likeness (QED) is 0.847. The Balaban J connectivity index is 2.22. The van der Waals surface area contributed by atoms with Crippen molar-refractivity contribution in [2.75, 3.05) is 6.61 Å². The van der Waals surface area contributed by atoms with E-state index in [0.29, 0.717) is 12.6 Å². The van der Waals surface area contributed by atoms with Gasteiger partial charge in [-0.25, -0.2) is 0 Å². The van der Waals surface area contributed by atoms with Crippen LogP contribution < -0.4 is 10.1 Å². The highest BCUT2D eigenvalue weighted by molar-refractivity contribution is 8.04. The Kier molecular flexibility index (Phi) is 3.97. The first kappa shape index (κ1) is 13.0. The van der Waals surface area contributed by atoms with Crippen LogP contribution in [-0.2, 0) is 0 Å². The molecule has 2 rings (SSSR count). The molecule has 1 aromatic carbocycles. The minimum atomic E-state index is 0.0738. The van der Waals surface area contributed by atoms with Gasteiger partial charge < -0.3 is 10.1 Å². The van der Waals surface area contributed by atoms with Gasteiger partial charge in [0.25, 0.3) is 0 Å². The van der Waals surface area contributed by atoms with Crippen molar-refractivity contribution >= 4 is 17.5 Å². The van der Waals surface area contributed by atoms with Gasteiger partial charge in [0, 0.05) is 22.7 Å². The molecule has 18 heavy (non-hydrogen) atoms. The standard InChI is InChI=1S/C14H17NO2S/c1-4-17-10-5-6-12-11(7-10)14(16)13(18-12)8-15-9(2)3/h5-9,15H,4H2,1-3H3/b13-8+. The van der Waals surface area contributed by atoms with E-state index in [1.165, 1.54) is 11.8 Å². The number of Topliss-reactive ketones (excluding diaryl/α,β-unsaturated/α-hetero) is 1. The van der Waals surface area contributed by atoms with Crippen LogP contribution in [0.4, 0.5) is 0 Å². The SMILES string of the molecule is CCOc1ccc2c(c1)C(=O)/C(=C\NC(C)C)S2.